The van der Waals surface area contributed by atoms with Crippen molar-refractivity contribution in [2.75, 3.05) is 0 Å². The number of allylic oxidation sites excluding steroid dienone is 1. The highest BCUT2D eigenvalue weighted by molar-refractivity contribution is 6.32. The minimum absolute atomic E-state index is 0.0536. The first-order valence-corrected chi connectivity index (χ1v) is 9.53. The lowest BCUT2D eigenvalue weighted by Crippen LogP contribution is -2.09. The van der Waals surface area contributed by atoms with E-state index in [0.717, 1.165) is 5.56 Å². The zero-order chi connectivity index (χ0) is 21.4. The molecule has 4 rings (SSSR count). The van der Waals surface area contributed by atoms with Crippen LogP contribution < -0.4 is 9.47 Å². The number of halogens is 2. The Hall–Kier alpha value is -3.44. The van der Waals surface area contributed by atoms with Gasteiger partial charge in [0, 0.05) is 11.1 Å². The van der Waals surface area contributed by atoms with Gasteiger partial charge in [-0.15, -0.1) is 0 Å². The fourth-order valence-electron chi connectivity index (χ4n) is 3.11. The molecule has 0 fully saturated rings. The zero-order valence-corrected chi connectivity index (χ0v) is 16.9. The summed E-state index contributed by atoms with van der Waals surface area (Å²) >= 11 is 6.04. The van der Waals surface area contributed by atoms with E-state index in [2.05, 4.69) is 0 Å². The van der Waals surface area contributed by atoms with Crippen molar-refractivity contribution in [2.45, 2.75) is 13.8 Å². The van der Waals surface area contributed by atoms with Crippen LogP contribution >= 0.6 is 11.6 Å². The molecule has 0 unspecified atom stereocenters. The Bertz CT molecular complexity index is 1190. The van der Waals surface area contributed by atoms with Crippen LogP contribution in [-0.2, 0) is 0 Å². The van der Waals surface area contributed by atoms with Gasteiger partial charge in [-0.05, 0) is 56.3 Å². The van der Waals surface area contributed by atoms with Gasteiger partial charge in [0.15, 0.2) is 5.76 Å². The Morgan fingerprint density at radius 1 is 1.07 bits per heavy atom. The van der Waals surface area contributed by atoms with E-state index in [-0.39, 0.29) is 27.8 Å². The maximum absolute atomic E-state index is 14.1. The van der Waals surface area contributed by atoms with E-state index < -0.39 is 17.6 Å². The predicted octanol–water partition coefficient (Wildman–Crippen LogP) is 5.93. The Morgan fingerprint density at radius 3 is 2.50 bits per heavy atom. The van der Waals surface area contributed by atoms with Crippen LogP contribution in [0.25, 0.3) is 6.08 Å². The van der Waals surface area contributed by atoms with Gasteiger partial charge in [0.2, 0.25) is 5.78 Å². The zero-order valence-electron chi connectivity index (χ0n) is 16.2. The first-order valence-electron chi connectivity index (χ1n) is 9.16. The first kappa shape index (κ1) is 19.9. The largest absolute Gasteiger partial charge is 0.452 e. The number of carbonyl (C=O) groups is 2. The minimum atomic E-state index is -0.563. The molecule has 0 saturated heterocycles. The third-order valence-electron chi connectivity index (χ3n) is 4.80. The second kappa shape index (κ2) is 7.76. The molecule has 1 heterocycles. The molecule has 150 valence electrons. The molecule has 0 radical (unpaired) electrons. The van der Waals surface area contributed by atoms with E-state index in [0.29, 0.717) is 16.7 Å². The van der Waals surface area contributed by atoms with Crippen molar-refractivity contribution in [1.82, 2.24) is 0 Å². The second-order valence-corrected chi connectivity index (χ2v) is 7.30. The molecule has 6 heteroatoms. The molecule has 0 saturated carbocycles. The minimum Gasteiger partial charge on any atom is -0.452 e. The van der Waals surface area contributed by atoms with Crippen molar-refractivity contribution in [3.05, 3.63) is 99.0 Å². The molecule has 4 nitrogen and oxygen atoms in total. The second-order valence-electron chi connectivity index (χ2n) is 6.90. The van der Waals surface area contributed by atoms with Crippen molar-refractivity contribution in [3.8, 4) is 11.5 Å². The number of esters is 1. The van der Waals surface area contributed by atoms with E-state index in [1.807, 2.05) is 19.1 Å². The van der Waals surface area contributed by atoms with Gasteiger partial charge in [-0.1, -0.05) is 35.4 Å². The summed E-state index contributed by atoms with van der Waals surface area (Å²) in [6.45, 7) is 3.61. The molecule has 0 bridgehead atoms. The van der Waals surface area contributed by atoms with Crippen LogP contribution in [0.3, 0.4) is 0 Å². The summed E-state index contributed by atoms with van der Waals surface area (Å²) in [6.07, 6.45) is 1.28. The highest BCUT2D eigenvalue weighted by atomic mass is 35.5. The fourth-order valence-corrected chi connectivity index (χ4v) is 3.32. The molecule has 1 aliphatic rings. The summed E-state index contributed by atoms with van der Waals surface area (Å²) in [5.74, 6) is -0.987. The van der Waals surface area contributed by atoms with E-state index in [1.54, 1.807) is 25.1 Å². The molecule has 1 aliphatic heterocycles. The topological polar surface area (TPSA) is 52.6 Å². The number of hydrogen-bond donors (Lipinski definition) is 0. The molecule has 30 heavy (non-hydrogen) atoms. The number of hydrogen-bond acceptors (Lipinski definition) is 4. The summed E-state index contributed by atoms with van der Waals surface area (Å²) in [5.41, 5.74) is 2.30. The summed E-state index contributed by atoms with van der Waals surface area (Å²) in [4.78, 5) is 25.1. The van der Waals surface area contributed by atoms with Crippen molar-refractivity contribution < 1.29 is 23.5 Å². The van der Waals surface area contributed by atoms with Gasteiger partial charge in [-0.3, -0.25) is 4.79 Å². The maximum Gasteiger partial charge on any atom is 0.343 e. The predicted molar refractivity (Wildman–Crippen MR) is 112 cm³/mol. The Labute approximate surface area is 177 Å². The van der Waals surface area contributed by atoms with E-state index >= 15 is 0 Å². The Morgan fingerprint density at radius 2 is 1.80 bits per heavy atom. The van der Waals surface area contributed by atoms with Gasteiger partial charge in [0.05, 0.1) is 16.1 Å². The molecule has 3 aromatic carbocycles. The van der Waals surface area contributed by atoms with Gasteiger partial charge < -0.3 is 9.47 Å². The number of ketones is 1. The molecular formula is C24H16ClFO4. The highest BCUT2D eigenvalue weighted by Crippen LogP contribution is 2.40. The van der Waals surface area contributed by atoms with Gasteiger partial charge in [0.1, 0.15) is 17.3 Å². The maximum atomic E-state index is 14.1. The van der Waals surface area contributed by atoms with Crippen molar-refractivity contribution >= 4 is 29.4 Å². The SMILES string of the molecule is Cc1ccc(C(=O)Oc2ccc3c(c2C)O/C(=C\c2c(F)cccc2Cl)C3=O)cc1. The summed E-state index contributed by atoms with van der Waals surface area (Å²) in [5, 5.41) is 0.166. The van der Waals surface area contributed by atoms with Crippen LogP contribution in [0.5, 0.6) is 11.5 Å². The standard InChI is InChI=1S/C24H16ClFO4/c1-13-6-8-15(9-7-13)24(28)30-20-11-10-16-22(27)21(29-23(16)14(20)2)12-17-18(25)4-3-5-19(17)26/h3-12H,1-2H3/b21-12-. The molecule has 0 amide bonds. The van der Waals surface area contributed by atoms with Crippen LogP contribution in [0, 0.1) is 19.7 Å². The molecule has 0 aromatic heterocycles. The van der Waals surface area contributed by atoms with Crippen molar-refractivity contribution in [2.24, 2.45) is 0 Å². The van der Waals surface area contributed by atoms with Crippen LogP contribution in [0.1, 0.15) is 37.4 Å². The summed E-state index contributed by atoms with van der Waals surface area (Å²) in [7, 11) is 0. The highest BCUT2D eigenvalue weighted by Gasteiger charge is 2.31. The van der Waals surface area contributed by atoms with Crippen LogP contribution in [0.15, 0.2) is 60.4 Å². The lowest BCUT2D eigenvalue weighted by molar-refractivity contribution is 0.0733. The summed E-state index contributed by atoms with van der Waals surface area (Å²) in [6, 6.07) is 14.3. The van der Waals surface area contributed by atoms with Crippen LogP contribution in [0.4, 0.5) is 4.39 Å². The van der Waals surface area contributed by atoms with E-state index in [1.165, 1.54) is 30.3 Å². The Balaban J connectivity index is 1.64. The quantitative estimate of drug-likeness (QED) is 0.298. The lowest BCUT2D eigenvalue weighted by Gasteiger charge is -2.10. The van der Waals surface area contributed by atoms with Gasteiger partial charge >= 0.3 is 5.97 Å². The van der Waals surface area contributed by atoms with Crippen molar-refractivity contribution in [1.29, 1.82) is 0 Å². The monoisotopic (exact) mass is 422 g/mol. The van der Waals surface area contributed by atoms with Crippen LogP contribution in [0.2, 0.25) is 5.02 Å². The number of ether oxygens (including phenoxy) is 2. The lowest BCUT2D eigenvalue weighted by atomic mass is 10.1. The average Bonchev–Trinajstić information content (AvgIpc) is 3.04. The molecule has 0 N–H and O–H groups in total. The number of carbonyl (C=O) groups excluding carboxylic acids is 2. The number of benzene rings is 3. The number of Topliss-reactive ketones (excluding diaryl/α,β-unsaturated/α-hetero) is 1. The molecule has 0 atom stereocenters. The number of aryl methyl sites for hydroxylation is 1. The fraction of sp³-hybridized carbons (Fsp3) is 0.0833. The molecular weight excluding hydrogens is 407 g/mol. The van der Waals surface area contributed by atoms with Gasteiger partial charge in [-0.2, -0.15) is 0 Å². The van der Waals surface area contributed by atoms with Crippen LogP contribution in [-0.4, -0.2) is 11.8 Å². The molecule has 3 aromatic rings. The number of fused-ring (bicyclic) bond motifs is 1. The normalized spacial score (nSPS) is 13.9. The van der Waals surface area contributed by atoms with Gasteiger partial charge in [0.25, 0.3) is 0 Å². The summed E-state index contributed by atoms with van der Waals surface area (Å²) < 4.78 is 25.3. The average molecular weight is 423 g/mol. The number of rotatable bonds is 3. The smallest absolute Gasteiger partial charge is 0.343 e. The first-order chi connectivity index (χ1) is 14.3. The third kappa shape index (κ3) is 3.60. The third-order valence-corrected chi connectivity index (χ3v) is 5.13. The van der Waals surface area contributed by atoms with E-state index in [9.17, 15) is 14.0 Å². The Kier molecular flexibility index (Phi) is 5.14. The van der Waals surface area contributed by atoms with Crippen molar-refractivity contribution in [3.63, 3.8) is 0 Å². The van der Waals surface area contributed by atoms with E-state index in [4.69, 9.17) is 21.1 Å². The van der Waals surface area contributed by atoms with Gasteiger partial charge in [-0.25, -0.2) is 9.18 Å². The molecule has 0 spiro atoms. The molecule has 0 aliphatic carbocycles.